The number of aliphatic hydroxyl groups is 3. The summed E-state index contributed by atoms with van der Waals surface area (Å²) in [6.07, 6.45) is -3.97. The molecule has 0 radical (unpaired) electrons. The normalized spacial score (nSPS) is 15.7. The minimum absolute atomic E-state index is 0.0155. The summed E-state index contributed by atoms with van der Waals surface area (Å²) >= 11 is 0. The van der Waals surface area contributed by atoms with Crippen molar-refractivity contribution in [2.24, 2.45) is 17.6 Å². The van der Waals surface area contributed by atoms with Crippen LogP contribution in [0.25, 0.3) is 0 Å². The van der Waals surface area contributed by atoms with Crippen molar-refractivity contribution in [3.05, 3.63) is 71.8 Å². The van der Waals surface area contributed by atoms with Crippen molar-refractivity contribution in [2.75, 3.05) is 52.5 Å². The highest BCUT2D eigenvalue weighted by Gasteiger charge is 2.41. The molecule has 40 heteroatoms. The topological polar surface area (TPSA) is 626 Å². The molecule has 1 heterocycles. The molecule has 13 atom stereocenters. The molecule has 0 saturated carbocycles. The van der Waals surface area contributed by atoms with E-state index in [0.29, 0.717) is 24.0 Å². The molecule has 1 saturated heterocycles. The van der Waals surface area contributed by atoms with Crippen molar-refractivity contribution in [1.82, 2.24) is 79.3 Å². The first-order valence-electron chi connectivity index (χ1n) is 35.2. The number of rotatable bonds is 49. The Morgan fingerprint density at radius 2 is 0.945 bits per heavy atom. The van der Waals surface area contributed by atoms with Crippen LogP contribution in [-0.4, -0.2) is 267 Å². The number of hydrogen-bond donors (Lipinski definition) is 21. The highest BCUT2D eigenvalue weighted by molar-refractivity contribution is 6.00. The Kier molecular flexibility index (Phi) is 40.0. The van der Waals surface area contributed by atoms with Crippen LogP contribution in [0.3, 0.4) is 0 Å². The number of unbranched alkanes of at least 4 members (excludes halogenated alkanes) is 1. The second-order valence-corrected chi connectivity index (χ2v) is 26.2. The van der Waals surface area contributed by atoms with Gasteiger partial charge in [0, 0.05) is 32.7 Å². The smallest absolute Gasteiger partial charge is 0.317 e. The number of nitrogens with two attached hydrogens (primary N) is 1. The Morgan fingerprint density at radius 1 is 0.477 bits per heavy atom. The molecule has 602 valence electrons. The maximum atomic E-state index is 14.3. The predicted molar refractivity (Wildman–Crippen MR) is 382 cm³/mol. The summed E-state index contributed by atoms with van der Waals surface area (Å²) in [7, 11) is 0. The number of benzene rings is 2. The van der Waals surface area contributed by atoms with E-state index in [1.807, 2.05) is 0 Å². The standard InChI is InChI=1S/C69H102N16O24/c1-7-37(4)57(68(108)81-48(35-87)65(105)83-56(36(2)3)69(109)85-26-16-22-49(85)59(70)99)82-52(92)31-72-50(90)30-74-67(107)58(38(5)88)84-66(106)47(34-86)80-61(101)42(21-14-15-25-71-33-55(97)98)77-62(102)43(23-24-53(93)94)78-64(104)46(29-54(95)96)79-63(103)45(28-41-19-12-9-13-20-41)76-51(91)32-73-60(100)44(75-39(6)89)27-40-17-10-8-11-18-40/h8-13,17-20,36-38,42-49,56-58,71,86-88H,7,14-16,21-35H2,1-6H3,(H2,70,99)(H,72,90)(H,73,100)(H,74,107)(H,75,89)(H,76,91)(H,77,102)(H,78,104)(H,79,103)(H,80,101)(H,81,108)(H,82,92)(H,83,105)(H,84,106)(H,93,94)(H,95,96)(H,97,98)/t37-,38+,42-,43-,44-,45-,46-,47-,48-,49-,56-,57-,58-/m0/s1. The van der Waals surface area contributed by atoms with Crippen molar-refractivity contribution < 1.29 is 117 Å². The summed E-state index contributed by atoms with van der Waals surface area (Å²) in [5.74, 6) is -20.7. The molecule has 1 aliphatic rings. The number of aliphatic hydroxyl groups excluding tert-OH is 3. The van der Waals surface area contributed by atoms with Gasteiger partial charge >= 0.3 is 17.9 Å². The van der Waals surface area contributed by atoms with E-state index in [4.69, 9.17) is 10.8 Å². The SMILES string of the molecule is CC[C@H](C)[C@H](NC(=O)CNC(=O)CNC(=O)[C@@H](NC(=O)[C@H](CO)NC(=O)[C@H](CCCCNCC(=O)O)NC(=O)[C@H](CCC(=O)O)NC(=O)[C@H](CC(=O)O)NC(=O)[C@H](Cc1ccccc1)NC(=O)CNC(=O)[C@H](Cc1ccccc1)NC(C)=O)[C@@H](C)O)C(=O)N[C@@H](CO)C(=O)N[C@H](C(=O)N1CCC[C@H]1C(N)=O)C(C)C. The van der Waals surface area contributed by atoms with E-state index in [1.54, 1.807) is 88.4 Å². The molecule has 1 aliphatic heterocycles. The van der Waals surface area contributed by atoms with E-state index < -0.39 is 250 Å². The number of carboxylic acids is 3. The largest absolute Gasteiger partial charge is 0.481 e. The van der Waals surface area contributed by atoms with Crippen LogP contribution >= 0.6 is 0 Å². The molecule has 0 unspecified atom stereocenters. The fourth-order valence-electron chi connectivity index (χ4n) is 11.0. The van der Waals surface area contributed by atoms with Crippen molar-refractivity contribution >= 4 is 107 Å². The first-order chi connectivity index (χ1) is 51.5. The third-order valence-corrected chi connectivity index (χ3v) is 17.1. The predicted octanol–water partition coefficient (Wildman–Crippen LogP) is -7.58. The Hall–Kier alpha value is -11.3. The maximum absolute atomic E-state index is 14.3. The van der Waals surface area contributed by atoms with Crippen molar-refractivity contribution in [2.45, 2.75) is 185 Å². The lowest BCUT2D eigenvalue weighted by Crippen LogP contribution is -2.61. The minimum Gasteiger partial charge on any atom is -0.481 e. The molecular formula is C69H102N16O24. The van der Waals surface area contributed by atoms with E-state index >= 15 is 0 Å². The Labute approximate surface area is 627 Å². The van der Waals surface area contributed by atoms with Crippen molar-refractivity contribution in [3.63, 3.8) is 0 Å². The van der Waals surface area contributed by atoms with Crippen LogP contribution in [0.15, 0.2) is 60.7 Å². The molecule has 22 N–H and O–H groups in total. The van der Waals surface area contributed by atoms with Gasteiger partial charge < -0.3 is 116 Å². The molecule has 0 bridgehead atoms. The van der Waals surface area contributed by atoms with E-state index in [1.165, 1.54) is 11.8 Å². The minimum atomic E-state index is -2.08. The number of amides is 15. The van der Waals surface area contributed by atoms with Gasteiger partial charge in [0.05, 0.1) is 51.9 Å². The van der Waals surface area contributed by atoms with Gasteiger partial charge in [-0.05, 0) is 75.0 Å². The molecule has 3 rings (SSSR count). The molecule has 40 nitrogen and oxygen atoms in total. The zero-order valence-electron chi connectivity index (χ0n) is 61.3. The van der Waals surface area contributed by atoms with Crippen molar-refractivity contribution in [3.8, 4) is 0 Å². The lowest BCUT2D eigenvalue weighted by molar-refractivity contribution is -0.142. The molecule has 2 aromatic carbocycles. The number of primary amides is 1. The van der Waals surface area contributed by atoms with E-state index in [0.717, 1.165) is 6.92 Å². The number of nitrogens with zero attached hydrogens (tertiary/aromatic N) is 1. The lowest BCUT2D eigenvalue weighted by Gasteiger charge is -2.31. The third kappa shape index (κ3) is 33.2. The number of hydrogen-bond acceptors (Lipinski definition) is 22. The van der Waals surface area contributed by atoms with Crippen LogP contribution in [0.1, 0.15) is 110 Å². The summed E-state index contributed by atoms with van der Waals surface area (Å²) in [4.78, 5) is 238. The van der Waals surface area contributed by atoms with Gasteiger partial charge in [0.1, 0.15) is 66.5 Å². The third-order valence-electron chi connectivity index (χ3n) is 17.1. The monoisotopic (exact) mass is 1540 g/mol. The van der Waals surface area contributed by atoms with Gasteiger partial charge in [-0.1, -0.05) is 94.8 Å². The first-order valence-corrected chi connectivity index (χ1v) is 35.2. The summed E-state index contributed by atoms with van der Waals surface area (Å²) in [6, 6.07) is -0.995. The van der Waals surface area contributed by atoms with Gasteiger partial charge in [-0.15, -0.1) is 0 Å². The molecule has 0 aromatic heterocycles. The average molecular weight is 1540 g/mol. The van der Waals surface area contributed by atoms with Crippen LogP contribution in [0, 0.1) is 11.8 Å². The van der Waals surface area contributed by atoms with Crippen LogP contribution in [0.4, 0.5) is 0 Å². The number of carboxylic acid groups (broad SMARTS) is 3. The Morgan fingerprint density at radius 3 is 1.45 bits per heavy atom. The molecule has 15 amide bonds. The zero-order chi connectivity index (χ0) is 81.6. The molecule has 2 aromatic rings. The highest BCUT2D eigenvalue weighted by Crippen LogP contribution is 2.21. The quantitative estimate of drug-likeness (QED) is 0.0274. The first kappa shape index (κ1) is 91.9. The van der Waals surface area contributed by atoms with Gasteiger partial charge in [-0.2, -0.15) is 0 Å². The number of nitrogens with one attached hydrogen (secondary N) is 14. The van der Waals surface area contributed by atoms with Crippen molar-refractivity contribution in [1.29, 1.82) is 0 Å². The number of aliphatic carboxylic acids is 3. The molecule has 109 heavy (non-hydrogen) atoms. The second kappa shape index (κ2) is 47.4. The van der Waals surface area contributed by atoms with E-state index in [9.17, 15) is 112 Å². The van der Waals surface area contributed by atoms with Gasteiger partial charge in [0.25, 0.3) is 0 Å². The van der Waals surface area contributed by atoms with Gasteiger partial charge in [0.15, 0.2) is 0 Å². The van der Waals surface area contributed by atoms with Crippen LogP contribution in [0.5, 0.6) is 0 Å². The summed E-state index contributed by atoms with van der Waals surface area (Å²) in [5, 5.41) is 92.6. The molecular weight excluding hydrogens is 1440 g/mol. The molecule has 1 fully saturated rings. The van der Waals surface area contributed by atoms with Gasteiger partial charge in [-0.3, -0.25) is 86.3 Å². The number of carbonyl (C=O) groups is 18. The highest BCUT2D eigenvalue weighted by atomic mass is 16.4. The lowest BCUT2D eigenvalue weighted by atomic mass is 9.97. The van der Waals surface area contributed by atoms with Gasteiger partial charge in [0.2, 0.25) is 88.6 Å². The van der Waals surface area contributed by atoms with Crippen LogP contribution in [-0.2, 0) is 99.1 Å². The van der Waals surface area contributed by atoms with Crippen LogP contribution < -0.4 is 80.2 Å². The molecule has 0 aliphatic carbocycles. The van der Waals surface area contributed by atoms with Crippen LogP contribution in [0.2, 0.25) is 0 Å². The maximum Gasteiger partial charge on any atom is 0.317 e. The Balaban J connectivity index is 1.76. The summed E-state index contributed by atoms with van der Waals surface area (Å²) < 4.78 is 0. The molecule has 0 spiro atoms. The zero-order valence-corrected chi connectivity index (χ0v) is 61.3. The van der Waals surface area contributed by atoms with E-state index in [-0.39, 0.29) is 51.6 Å². The second-order valence-electron chi connectivity index (χ2n) is 26.2. The Bertz CT molecular complexity index is 3500. The summed E-state index contributed by atoms with van der Waals surface area (Å²) in [5.41, 5.74) is 6.60. The van der Waals surface area contributed by atoms with Gasteiger partial charge in [-0.25, -0.2) is 0 Å². The number of carbonyl (C=O) groups excluding carboxylic acids is 15. The fourth-order valence-corrected chi connectivity index (χ4v) is 11.0. The average Bonchev–Trinajstić information content (AvgIpc) is 1.72. The summed E-state index contributed by atoms with van der Waals surface area (Å²) in [6.45, 7) is 3.85. The number of likely N-dealkylation sites (tertiary alicyclic amines) is 1. The van der Waals surface area contributed by atoms with E-state index in [2.05, 4.69) is 74.4 Å². The fraction of sp³-hybridized carbons (Fsp3) is 0.565.